The smallest absolute Gasteiger partial charge is 0.340 e. The molecule has 1 heterocycles. The Morgan fingerprint density at radius 3 is 2.29 bits per heavy atom. The molecular formula is C24H29N3O4. The van der Waals surface area contributed by atoms with Crippen LogP contribution in [0, 0.1) is 0 Å². The van der Waals surface area contributed by atoms with Crippen LogP contribution in [0.4, 0.5) is 17.1 Å². The van der Waals surface area contributed by atoms with Crippen LogP contribution in [0.25, 0.3) is 0 Å². The molecule has 2 amide bonds. The molecule has 0 saturated carbocycles. The average molecular weight is 424 g/mol. The lowest BCUT2D eigenvalue weighted by atomic mass is 10.1. The van der Waals surface area contributed by atoms with Gasteiger partial charge in [0.1, 0.15) is 0 Å². The van der Waals surface area contributed by atoms with Gasteiger partial charge < -0.3 is 20.3 Å². The predicted octanol–water partition coefficient (Wildman–Crippen LogP) is 4.21. The minimum absolute atomic E-state index is 0.214. The van der Waals surface area contributed by atoms with Crippen molar-refractivity contribution in [3.8, 4) is 0 Å². The van der Waals surface area contributed by atoms with Gasteiger partial charge >= 0.3 is 17.8 Å². The average Bonchev–Trinajstić information content (AvgIpc) is 2.80. The fourth-order valence-corrected chi connectivity index (χ4v) is 3.43. The fraction of sp³-hybridized carbons (Fsp3) is 0.375. The van der Waals surface area contributed by atoms with Crippen LogP contribution in [0.1, 0.15) is 49.4 Å². The summed E-state index contributed by atoms with van der Waals surface area (Å²) in [4.78, 5) is 39.3. The van der Waals surface area contributed by atoms with Crippen molar-refractivity contribution >= 4 is 34.8 Å². The van der Waals surface area contributed by atoms with Crippen LogP contribution >= 0.6 is 0 Å². The molecule has 0 aromatic heterocycles. The number of carbonyl (C=O) groups is 3. The summed E-state index contributed by atoms with van der Waals surface area (Å²) in [6, 6.07) is 13.9. The van der Waals surface area contributed by atoms with E-state index in [-0.39, 0.29) is 11.3 Å². The van der Waals surface area contributed by atoms with Gasteiger partial charge in [-0.2, -0.15) is 0 Å². The van der Waals surface area contributed by atoms with Crippen LogP contribution in [0.15, 0.2) is 48.5 Å². The summed E-state index contributed by atoms with van der Waals surface area (Å²) >= 11 is 0. The van der Waals surface area contributed by atoms with Crippen LogP contribution in [0.5, 0.6) is 0 Å². The Morgan fingerprint density at radius 2 is 1.58 bits per heavy atom. The molecule has 0 bridgehead atoms. The number of amides is 2. The Labute approximate surface area is 182 Å². The minimum Gasteiger partial charge on any atom is -0.462 e. The molecule has 3 rings (SSSR count). The Morgan fingerprint density at radius 1 is 0.903 bits per heavy atom. The molecule has 1 saturated heterocycles. The highest BCUT2D eigenvalue weighted by molar-refractivity contribution is 6.44. The zero-order valence-corrected chi connectivity index (χ0v) is 17.9. The zero-order valence-electron chi connectivity index (χ0n) is 17.9. The Balaban J connectivity index is 1.58. The highest BCUT2D eigenvalue weighted by Crippen LogP contribution is 2.22. The van der Waals surface area contributed by atoms with Crippen molar-refractivity contribution in [3.05, 3.63) is 54.1 Å². The van der Waals surface area contributed by atoms with Crippen molar-refractivity contribution < 1.29 is 19.1 Å². The van der Waals surface area contributed by atoms with Gasteiger partial charge in [0.25, 0.3) is 0 Å². The maximum atomic E-state index is 12.4. The van der Waals surface area contributed by atoms with Gasteiger partial charge in [-0.25, -0.2) is 4.79 Å². The second-order valence-electron chi connectivity index (χ2n) is 7.54. The molecule has 0 aliphatic carbocycles. The molecular weight excluding hydrogens is 394 g/mol. The summed E-state index contributed by atoms with van der Waals surface area (Å²) in [6.45, 7) is 4.39. The first-order valence-corrected chi connectivity index (χ1v) is 10.8. The zero-order chi connectivity index (χ0) is 22.1. The van der Waals surface area contributed by atoms with E-state index in [4.69, 9.17) is 4.74 Å². The number of unbranched alkanes of at least 4 members (excludes halogenated alkanes) is 1. The Hall–Kier alpha value is -3.35. The molecule has 0 unspecified atom stereocenters. The second kappa shape index (κ2) is 11.2. The van der Waals surface area contributed by atoms with E-state index in [1.165, 1.54) is 19.3 Å². The third kappa shape index (κ3) is 6.31. The summed E-state index contributed by atoms with van der Waals surface area (Å²) in [5.41, 5.74) is 2.10. The van der Waals surface area contributed by atoms with Crippen molar-refractivity contribution in [3.63, 3.8) is 0 Å². The van der Waals surface area contributed by atoms with Crippen molar-refractivity contribution in [1.82, 2.24) is 0 Å². The number of rotatable bonds is 7. The quantitative estimate of drug-likeness (QED) is 0.396. The lowest BCUT2D eigenvalue weighted by molar-refractivity contribution is -0.133. The van der Waals surface area contributed by atoms with E-state index in [1.807, 2.05) is 19.1 Å². The van der Waals surface area contributed by atoms with Gasteiger partial charge in [0, 0.05) is 24.5 Å². The Kier molecular flexibility index (Phi) is 8.04. The number of hydrogen-bond donors (Lipinski definition) is 2. The third-order valence-electron chi connectivity index (χ3n) is 5.18. The van der Waals surface area contributed by atoms with Gasteiger partial charge in [0.2, 0.25) is 0 Å². The van der Waals surface area contributed by atoms with Gasteiger partial charge in [0.05, 0.1) is 17.9 Å². The molecule has 0 radical (unpaired) electrons. The first-order valence-electron chi connectivity index (χ1n) is 10.8. The molecule has 0 atom stereocenters. The first-order chi connectivity index (χ1) is 15.1. The number of piperidine rings is 1. The van der Waals surface area contributed by atoms with Crippen molar-refractivity contribution in [1.29, 1.82) is 0 Å². The first kappa shape index (κ1) is 22.3. The predicted molar refractivity (Wildman–Crippen MR) is 121 cm³/mol. The van der Waals surface area contributed by atoms with Crippen LogP contribution < -0.4 is 15.5 Å². The molecule has 31 heavy (non-hydrogen) atoms. The van der Waals surface area contributed by atoms with Crippen molar-refractivity contribution in [2.24, 2.45) is 0 Å². The van der Waals surface area contributed by atoms with E-state index in [2.05, 4.69) is 15.5 Å². The molecule has 2 aromatic rings. The number of nitrogens with zero attached hydrogens (tertiary/aromatic N) is 1. The van der Waals surface area contributed by atoms with E-state index < -0.39 is 17.8 Å². The normalized spacial score (nSPS) is 13.4. The van der Waals surface area contributed by atoms with Crippen molar-refractivity contribution in [2.45, 2.75) is 39.0 Å². The molecule has 0 spiro atoms. The van der Waals surface area contributed by atoms with E-state index >= 15 is 0 Å². The number of benzene rings is 2. The number of ether oxygens (including phenoxy) is 1. The van der Waals surface area contributed by atoms with Crippen LogP contribution in [0.3, 0.4) is 0 Å². The summed E-state index contributed by atoms with van der Waals surface area (Å²) in [5.74, 6) is -2.19. The molecule has 7 nitrogen and oxygen atoms in total. The van der Waals surface area contributed by atoms with Crippen LogP contribution in [-0.2, 0) is 14.3 Å². The van der Waals surface area contributed by atoms with Crippen LogP contribution in [0.2, 0.25) is 0 Å². The number of esters is 1. The molecule has 2 N–H and O–H groups in total. The van der Waals surface area contributed by atoms with Crippen LogP contribution in [-0.4, -0.2) is 37.5 Å². The number of nitrogens with one attached hydrogen (secondary N) is 2. The summed E-state index contributed by atoms with van der Waals surface area (Å²) < 4.78 is 5.21. The molecule has 1 fully saturated rings. The van der Waals surface area contributed by atoms with E-state index in [1.54, 1.807) is 36.4 Å². The summed E-state index contributed by atoms with van der Waals surface area (Å²) in [6.07, 6.45) is 5.31. The van der Waals surface area contributed by atoms with E-state index in [0.717, 1.165) is 31.6 Å². The van der Waals surface area contributed by atoms with Gasteiger partial charge in [-0.05, 0) is 62.1 Å². The number of hydrogen-bond acceptors (Lipinski definition) is 5. The SMILES string of the molecule is CCCCOC(=O)c1ccccc1NC(=O)C(=O)Nc1ccc(N2CCCCC2)cc1. The van der Waals surface area contributed by atoms with E-state index in [0.29, 0.717) is 12.3 Å². The molecule has 1 aliphatic rings. The highest BCUT2D eigenvalue weighted by atomic mass is 16.5. The van der Waals surface area contributed by atoms with E-state index in [9.17, 15) is 14.4 Å². The Bertz CT molecular complexity index is 905. The van der Waals surface area contributed by atoms with Gasteiger partial charge in [-0.15, -0.1) is 0 Å². The largest absolute Gasteiger partial charge is 0.462 e. The van der Waals surface area contributed by atoms with Gasteiger partial charge in [-0.3, -0.25) is 9.59 Å². The fourth-order valence-electron chi connectivity index (χ4n) is 3.43. The standard InChI is InChI=1S/C24H29N3O4/c1-2-3-17-31-24(30)20-9-5-6-10-21(20)26-23(29)22(28)25-18-11-13-19(14-12-18)27-15-7-4-8-16-27/h5-6,9-14H,2-4,7-8,15-17H2,1H3,(H,25,28)(H,26,29). The third-order valence-corrected chi connectivity index (χ3v) is 5.18. The minimum atomic E-state index is -0.853. The molecule has 1 aliphatic heterocycles. The maximum absolute atomic E-state index is 12.4. The van der Waals surface area contributed by atoms with Gasteiger partial charge in [0.15, 0.2) is 0 Å². The topological polar surface area (TPSA) is 87.7 Å². The monoisotopic (exact) mass is 423 g/mol. The lowest BCUT2D eigenvalue weighted by Crippen LogP contribution is -2.30. The number of anilines is 3. The molecule has 2 aromatic carbocycles. The number of carbonyl (C=O) groups excluding carboxylic acids is 3. The maximum Gasteiger partial charge on any atom is 0.340 e. The summed E-state index contributed by atoms with van der Waals surface area (Å²) in [5, 5.41) is 5.10. The van der Waals surface area contributed by atoms with Crippen molar-refractivity contribution in [2.75, 3.05) is 35.2 Å². The lowest BCUT2D eigenvalue weighted by Gasteiger charge is -2.28. The number of para-hydroxylation sites is 1. The summed E-state index contributed by atoms with van der Waals surface area (Å²) in [7, 11) is 0. The molecule has 7 heteroatoms. The van der Waals surface area contributed by atoms with Gasteiger partial charge in [-0.1, -0.05) is 25.5 Å². The molecule has 164 valence electrons. The second-order valence-corrected chi connectivity index (χ2v) is 7.54. The highest BCUT2D eigenvalue weighted by Gasteiger charge is 2.19.